The van der Waals surface area contributed by atoms with Gasteiger partial charge in [0, 0.05) is 12.3 Å². The van der Waals surface area contributed by atoms with E-state index in [9.17, 15) is 13.2 Å². The summed E-state index contributed by atoms with van der Waals surface area (Å²) < 4.78 is 24.0. The van der Waals surface area contributed by atoms with Gasteiger partial charge in [0.25, 0.3) is 0 Å². The molecule has 0 radical (unpaired) electrons. The summed E-state index contributed by atoms with van der Waals surface area (Å²) in [5.41, 5.74) is 2.27. The molecule has 0 N–H and O–H groups in total. The summed E-state index contributed by atoms with van der Waals surface area (Å²) in [5, 5.41) is 0. The third-order valence-corrected chi connectivity index (χ3v) is 7.97. The molecule has 1 aromatic carbocycles. The van der Waals surface area contributed by atoms with Crippen LogP contribution >= 0.6 is 0 Å². The molecule has 0 saturated heterocycles. The number of hydrogen-bond donors (Lipinski definition) is 0. The average Bonchev–Trinajstić information content (AvgIpc) is 2.49. The van der Waals surface area contributed by atoms with Crippen LogP contribution in [-0.2, 0) is 21.1 Å². The third-order valence-electron chi connectivity index (χ3n) is 5.19. The monoisotopic (exact) mass is 350 g/mol. The van der Waals surface area contributed by atoms with E-state index >= 15 is 0 Å². The Morgan fingerprint density at radius 2 is 1.58 bits per heavy atom. The van der Waals surface area contributed by atoms with Crippen molar-refractivity contribution in [3.63, 3.8) is 0 Å². The van der Waals surface area contributed by atoms with Crippen LogP contribution in [0.5, 0.6) is 0 Å². The van der Waals surface area contributed by atoms with Crippen molar-refractivity contribution in [2.45, 2.75) is 64.5 Å². The number of ketones is 1. The Hall–Kier alpha value is -1.16. The number of sulfone groups is 1. The van der Waals surface area contributed by atoms with Gasteiger partial charge in [-0.15, -0.1) is 0 Å². The number of hydrogen-bond acceptors (Lipinski definition) is 3. The summed E-state index contributed by atoms with van der Waals surface area (Å²) in [7, 11) is -3.07. The fraction of sp³-hybridized carbons (Fsp3) is 0.650. The summed E-state index contributed by atoms with van der Waals surface area (Å²) in [6.45, 7) is 7.33. The predicted octanol–water partition coefficient (Wildman–Crippen LogP) is 4.13. The van der Waals surface area contributed by atoms with E-state index < -0.39 is 14.6 Å². The molecule has 1 aromatic rings. The van der Waals surface area contributed by atoms with Crippen molar-refractivity contribution in [3.05, 3.63) is 35.4 Å². The molecule has 0 amide bonds. The Bertz CT molecular complexity index is 658. The molecular weight excluding hydrogens is 320 g/mol. The lowest BCUT2D eigenvalue weighted by atomic mass is 9.79. The number of carbonyl (C=O) groups excluding carboxylic acids is 1. The van der Waals surface area contributed by atoms with E-state index in [-0.39, 0.29) is 17.6 Å². The van der Waals surface area contributed by atoms with Crippen LogP contribution in [0, 0.1) is 18.8 Å². The number of rotatable bonds is 5. The molecule has 0 bridgehead atoms. The Morgan fingerprint density at radius 1 is 1.04 bits per heavy atom. The lowest BCUT2D eigenvalue weighted by molar-refractivity contribution is -0.123. The van der Waals surface area contributed by atoms with E-state index in [1.165, 1.54) is 5.56 Å². The van der Waals surface area contributed by atoms with Gasteiger partial charge in [0.2, 0.25) is 0 Å². The van der Waals surface area contributed by atoms with Gasteiger partial charge >= 0.3 is 0 Å². The van der Waals surface area contributed by atoms with E-state index in [0.717, 1.165) is 31.2 Å². The van der Waals surface area contributed by atoms with Crippen molar-refractivity contribution in [1.82, 2.24) is 0 Å². The summed E-state index contributed by atoms with van der Waals surface area (Å²) in [6, 6.07) is 8.12. The normalized spacial score (nSPS) is 22.3. The molecule has 2 rings (SSSR count). The third kappa shape index (κ3) is 4.92. The minimum Gasteiger partial charge on any atom is -0.299 e. The maximum atomic E-state index is 12.5. The molecule has 0 aliphatic heterocycles. The van der Waals surface area contributed by atoms with E-state index in [1.54, 1.807) is 20.8 Å². The molecule has 0 spiro atoms. The lowest BCUT2D eigenvalue weighted by Gasteiger charge is -2.30. The second kappa shape index (κ2) is 7.38. The highest BCUT2D eigenvalue weighted by Crippen LogP contribution is 2.32. The molecule has 134 valence electrons. The van der Waals surface area contributed by atoms with Crippen molar-refractivity contribution in [1.29, 1.82) is 0 Å². The Morgan fingerprint density at radius 3 is 2.08 bits per heavy atom. The van der Waals surface area contributed by atoms with Crippen LogP contribution in [-0.4, -0.2) is 24.7 Å². The maximum Gasteiger partial charge on any atom is 0.155 e. The number of aryl methyl sites for hydroxylation is 1. The van der Waals surface area contributed by atoms with Crippen molar-refractivity contribution in [2.24, 2.45) is 11.8 Å². The van der Waals surface area contributed by atoms with Crippen molar-refractivity contribution < 1.29 is 13.2 Å². The first kappa shape index (κ1) is 19.2. The van der Waals surface area contributed by atoms with Gasteiger partial charge < -0.3 is 0 Å². The van der Waals surface area contributed by atoms with Crippen molar-refractivity contribution in [2.75, 3.05) is 5.75 Å². The van der Waals surface area contributed by atoms with E-state index in [0.29, 0.717) is 12.2 Å². The first-order chi connectivity index (χ1) is 11.1. The molecule has 3 nitrogen and oxygen atoms in total. The molecular formula is C20H30O3S. The van der Waals surface area contributed by atoms with Crippen LogP contribution in [0.15, 0.2) is 24.3 Å². The van der Waals surface area contributed by atoms with Gasteiger partial charge in [0.1, 0.15) is 5.78 Å². The molecule has 1 saturated carbocycles. The number of benzene rings is 1. The Labute approximate surface area is 146 Å². The maximum absolute atomic E-state index is 12.5. The zero-order valence-electron chi connectivity index (χ0n) is 15.3. The van der Waals surface area contributed by atoms with Crippen LogP contribution in [0.4, 0.5) is 0 Å². The van der Waals surface area contributed by atoms with Gasteiger partial charge in [0.05, 0.1) is 10.5 Å². The molecule has 1 fully saturated rings. The van der Waals surface area contributed by atoms with Gasteiger partial charge in [-0.05, 0) is 64.9 Å². The van der Waals surface area contributed by atoms with Gasteiger partial charge in [-0.3, -0.25) is 4.79 Å². The fourth-order valence-electron chi connectivity index (χ4n) is 3.26. The fourth-order valence-corrected chi connectivity index (χ4v) is 4.72. The van der Waals surface area contributed by atoms with Gasteiger partial charge in [-0.1, -0.05) is 29.8 Å². The highest BCUT2D eigenvalue weighted by atomic mass is 32.2. The van der Waals surface area contributed by atoms with Crippen LogP contribution in [0.1, 0.15) is 57.6 Å². The molecule has 0 heterocycles. The van der Waals surface area contributed by atoms with E-state index in [4.69, 9.17) is 0 Å². The summed E-state index contributed by atoms with van der Waals surface area (Å²) in [4.78, 5) is 12.5. The number of carbonyl (C=O) groups is 1. The smallest absolute Gasteiger partial charge is 0.155 e. The second-order valence-corrected chi connectivity index (χ2v) is 11.0. The first-order valence-electron chi connectivity index (χ1n) is 8.89. The summed E-state index contributed by atoms with van der Waals surface area (Å²) in [6.07, 6.45) is 3.85. The summed E-state index contributed by atoms with van der Waals surface area (Å²) >= 11 is 0. The molecule has 1 aliphatic rings. The van der Waals surface area contributed by atoms with Crippen molar-refractivity contribution in [3.8, 4) is 0 Å². The first-order valence-corrected chi connectivity index (χ1v) is 10.5. The highest BCUT2D eigenvalue weighted by Gasteiger charge is 2.34. The largest absolute Gasteiger partial charge is 0.299 e. The Balaban J connectivity index is 1.86. The highest BCUT2D eigenvalue weighted by molar-refractivity contribution is 7.92. The van der Waals surface area contributed by atoms with Crippen LogP contribution in [0.25, 0.3) is 0 Å². The Kier molecular flexibility index (Phi) is 5.90. The zero-order valence-corrected chi connectivity index (χ0v) is 16.2. The lowest BCUT2D eigenvalue weighted by Crippen LogP contribution is -2.35. The van der Waals surface area contributed by atoms with Gasteiger partial charge in [-0.25, -0.2) is 8.42 Å². The average molecular weight is 351 g/mol. The van der Waals surface area contributed by atoms with Gasteiger partial charge in [0.15, 0.2) is 9.84 Å². The van der Waals surface area contributed by atoms with Crippen LogP contribution < -0.4 is 0 Å². The van der Waals surface area contributed by atoms with Crippen LogP contribution in [0.3, 0.4) is 0 Å². The quantitative estimate of drug-likeness (QED) is 0.802. The predicted molar refractivity (Wildman–Crippen MR) is 98.9 cm³/mol. The standard InChI is InChI=1S/C20H30O3S/c1-15-5-7-16(8-6-15)13-19(21)18-11-9-17(10-12-18)14-24(22,23)20(2,3)4/h5-8,17-18H,9-14H2,1-4H3. The minimum atomic E-state index is -3.07. The number of Topliss-reactive ketones (excluding diaryl/α,β-unsaturated/α-hetero) is 1. The molecule has 1 aliphatic carbocycles. The molecule has 0 unspecified atom stereocenters. The second-order valence-electron chi connectivity index (χ2n) is 8.24. The van der Waals surface area contributed by atoms with Crippen LogP contribution in [0.2, 0.25) is 0 Å². The van der Waals surface area contributed by atoms with Gasteiger partial charge in [-0.2, -0.15) is 0 Å². The van der Waals surface area contributed by atoms with E-state index in [1.807, 2.05) is 31.2 Å². The minimum absolute atomic E-state index is 0.0971. The summed E-state index contributed by atoms with van der Waals surface area (Å²) in [5.74, 6) is 0.864. The molecule has 4 heteroatoms. The topological polar surface area (TPSA) is 51.2 Å². The molecule has 0 atom stereocenters. The molecule has 0 aromatic heterocycles. The molecule has 24 heavy (non-hydrogen) atoms. The van der Waals surface area contributed by atoms with E-state index in [2.05, 4.69) is 0 Å². The van der Waals surface area contributed by atoms with Crippen molar-refractivity contribution >= 4 is 15.6 Å². The SMILES string of the molecule is Cc1ccc(CC(=O)C2CCC(CS(=O)(=O)C(C)(C)C)CC2)cc1. The zero-order chi connectivity index (χ0) is 18.0.